The Labute approximate surface area is 404 Å². The van der Waals surface area contributed by atoms with Gasteiger partial charge in [-0.2, -0.15) is 0 Å². The van der Waals surface area contributed by atoms with E-state index in [1.807, 2.05) is 0 Å². The Morgan fingerprint density at radius 2 is 0.222 bits per heavy atom. The topological polar surface area (TPSA) is 0 Å². The zero-order valence-corrected chi connectivity index (χ0v) is 46.5. The van der Waals surface area contributed by atoms with Gasteiger partial charge in [0.25, 0.3) is 0 Å². The van der Waals surface area contributed by atoms with Gasteiger partial charge in [0.15, 0.2) is 0 Å². The van der Waals surface area contributed by atoms with Gasteiger partial charge in [-0.05, 0) is 0 Å². The van der Waals surface area contributed by atoms with Crippen LogP contribution in [0.25, 0.3) is 0 Å². The van der Waals surface area contributed by atoms with Crippen molar-refractivity contribution in [3.05, 3.63) is 0 Å². The molecule has 0 bridgehead atoms. The van der Waals surface area contributed by atoms with E-state index >= 15 is 0 Å². The van der Waals surface area contributed by atoms with Crippen molar-refractivity contribution in [2.24, 2.45) is 0 Å². The van der Waals surface area contributed by atoms with E-state index in [1.54, 1.807) is 69.6 Å². The minimum absolute atomic E-state index is 1.16. The van der Waals surface area contributed by atoms with Crippen molar-refractivity contribution < 1.29 is 0 Å². The average Bonchev–Trinajstić information content (AvgIpc) is 3.29. The predicted octanol–water partition coefficient (Wildman–Crippen LogP) is 23.9. The second-order valence-electron chi connectivity index (χ2n) is 22.2. The molecule has 0 aromatic carbocycles. The van der Waals surface area contributed by atoms with Gasteiger partial charge >= 0.3 is 270 Å². The fourth-order valence-corrected chi connectivity index (χ4v) is 16.7. The molecule has 0 aromatic rings. The molecule has 0 rings (SSSR count). The SMILES string of the molecule is CCCCCCCCCCCCCCCCCCC[PH](CCCCC)(CCCCCCCCCCCCCCCCCCC)CCCCCCCCCCCCCCCCCCC. The van der Waals surface area contributed by atoms with Crippen LogP contribution >= 0.6 is 7.26 Å². The van der Waals surface area contributed by atoms with Gasteiger partial charge in [-0.15, -0.1) is 0 Å². The molecule has 0 heterocycles. The summed E-state index contributed by atoms with van der Waals surface area (Å²) in [6, 6.07) is 0. The summed E-state index contributed by atoms with van der Waals surface area (Å²) < 4.78 is 0. The Kier molecular flexibility index (Phi) is 57.1. The molecular weight excluding hydrogens is 776 g/mol. The number of unbranched alkanes of at least 4 members (excludes halogenated alkanes) is 50. The smallest absolute Gasteiger partial charge is 0.0654 e. The zero-order chi connectivity index (χ0) is 45.5. The van der Waals surface area contributed by atoms with Crippen LogP contribution in [0.2, 0.25) is 0 Å². The van der Waals surface area contributed by atoms with E-state index in [2.05, 4.69) is 27.7 Å². The summed E-state index contributed by atoms with van der Waals surface area (Å²) in [7, 11) is -1.16. The monoisotopic (exact) mass is 905 g/mol. The fourth-order valence-electron chi connectivity index (χ4n) is 11.2. The van der Waals surface area contributed by atoms with E-state index in [1.165, 1.54) is 302 Å². The van der Waals surface area contributed by atoms with E-state index in [9.17, 15) is 0 Å². The van der Waals surface area contributed by atoms with E-state index in [0.29, 0.717) is 0 Å². The Morgan fingerprint density at radius 3 is 0.365 bits per heavy atom. The summed E-state index contributed by atoms with van der Waals surface area (Å²) in [4.78, 5) is 0. The van der Waals surface area contributed by atoms with Crippen LogP contribution in [-0.4, -0.2) is 24.6 Å². The standard InChI is InChI=1S/C62H129P/c1-5-9-13-16-19-22-25-28-31-34-37-40-43-46-49-52-56-60-63(59-55-12-8-4,61-57-53-50-47-44-41-38-35-32-29-26-23-20-17-14-10-6-2)62-58-54-51-48-45-42-39-36-33-30-27-24-21-18-15-11-7-3/h63H,5-62H2,1-4H3. The van der Waals surface area contributed by atoms with Crippen molar-refractivity contribution in [3.63, 3.8) is 0 Å². The van der Waals surface area contributed by atoms with E-state index in [-0.39, 0.29) is 0 Å². The molecule has 0 aliphatic carbocycles. The van der Waals surface area contributed by atoms with Crippen molar-refractivity contribution in [2.75, 3.05) is 24.6 Å². The normalized spacial score (nSPS) is 12.3. The molecule has 63 heavy (non-hydrogen) atoms. The third-order valence-electron chi connectivity index (χ3n) is 15.7. The Morgan fingerprint density at radius 1 is 0.127 bits per heavy atom. The average molecular weight is 906 g/mol. The quantitative estimate of drug-likeness (QED) is 0.0421. The van der Waals surface area contributed by atoms with Gasteiger partial charge in [-0.3, -0.25) is 0 Å². The third kappa shape index (κ3) is 51.7. The van der Waals surface area contributed by atoms with Crippen LogP contribution in [0, 0.1) is 0 Å². The van der Waals surface area contributed by atoms with Crippen LogP contribution in [0.3, 0.4) is 0 Å². The van der Waals surface area contributed by atoms with Gasteiger partial charge in [-0.25, -0.2) is 0 Å². The zero-order valence-electron chi connectivity index (χ0n) is 45.5. The number of rotatable bonds is 58. The summed E-state index contributed by atoms with van der Waals surface area (Å²) in [6.45, 7) is 9.42. The molecule has 0 N–H and O–H groups in total. The first-order valence-corrected chi connectivity index (χ1v) is 34.1. The summed E-state index contributed by atoms with van der Waals surface area (Å²) in [5.41, 5.74) is 0. The van der Waals surface area contributed by atoms with Gasteiger partial charge in [0, 0.05) is 0 Å². The van der Waals surface area contributed by atoms with Gasteiger partial charge in [-0.1, -0.05) is 136 Å². The van der Waals surface area contributed by atoms with E-state index in [4.69, 9.17) is 0 Å². The molecular formula is C62H129P. The van der Waals surface area contributed by atoms with Crippen LogP contribution in [0.5, 0.6) is 0 Å². The molecule has 0 fully saturated rings. The second kappa shape index (κ2) is 56.8. The molecule has 0 amide bonds. The first-order valence-electron chi connectivity index (χ1n) is 31.2. The molecule has 0 nitrogen and oxygen atoms in total. The van der Waals surface area contributed by atoms with Crippen molar-refractivity contribution in [3.8, 4) is 0 Å². The molecule has 0 radical (unpaired) electrons. The van der Waals surface area contributed by atoms with Crippen LogP contribution in [0.4, 0.5) is 0 Å². The molecule has 0 saturated heterocycles. The summed E-state index contributed by atoms with van der Waals surface area (Å²) in [6.07, 6.45) is 87.4. The molecule has 0 unspecified atom stereocenters. The van der Waals surface area contributed by atoms with Gasteiger partial charge in [0.2, 0.25) is 0 Å². The second-order valence-corrected chi connectivity index (χ2v) is 27.2. The Bertz CT molecular complexity index is 680. The molecule has 0 aliphatic heterocycles. The van der Waals surface area contributed by atoms with Crippen LogP contribution < -0.4 is 0 Å². The third-order valence-corrected chi connectivity index (χ3v) is 21.4. The molecule has 382 valence electrons. The first kappa shape index (κ1) is 63.4. The molecule has 0 saturated carbocycles. The maximum absolute atomic E-state index is 2.44. The van der Waals surface area contributed by atoms with Crippen molar-refractivity contribution in [1.82, 2.24) is 0 Å². The van der Waals surface area contributed by atoms with Crippen LogP contribution in [0.15, 0.2) is 0 Å². The predicted molar refractivity (Wildman–Crippen MR) is 300 cm³/mol. The van der Waals surface area contributed by atoms with Crippen LogP contribution in [-0.2, 0) is 0 Å². The van der Waals surface area contributed by atoms with Gasteiger partial charge < -0.3 is 0 Å². The van der Waals surface area contributed by atoms with Crippen LogP contribution in [0.1, 0.15) is 374 Å². The number of hydrogen-bond donors (Lipinski definition) is 0. The van der Waals surface area contributed by atoms with E-state index in [0.717, 1.165) is 0 Å². The first-order chi connectivity index (χ1) is 31.2. The van der Waals surface area contributed by atoms with Crippen molar-refractivity contribution in [2.45, 2.75) is 374 Å². The van der Waals surface area contributed by atoms with E-state index < -0.39 is 7.26 Å². The Hall–Kier alpha value is 0.430. The summed E-state index contributed by atoms with van der Waals surface area (Å²) >= 11 is 0. The molecule has 0 atom stereocenters. The fraction of sp³-hybridized carbons (Fsp3) is 1.00. The van der Waals surface area contributed by atoms with Crippen molar-refractivity contribution >= 4 is 7.26 Å². The van der Waals surface area contributed by atoms with Gasteiger partial charge in [0.05, 0.1) is 0 Å². The molecule has 0 aromatic heterocycles. The molecule has 0 spiro atoms. The molecule has 0 aliphatic rings. The summed E-state index contributed by atoms with van der Waals surface area (Å²) in [5, 5.41) is 0. The maximum atomic E-state index is 2.44. The minimum Gasteiger partial charge on any atom is -0.0654 e. The molecule has 1 heteroatoms. The summed E-state index contributed by atoms with van der Waals surface area (Å²) in [5.74, 6) is 0. The number of hydrogen-bond acceptors (Lipinski definition) is 0. The van der Waals surface area contributed by atoms with Gasteiger partial charge in [0.1, 0.15) is 0 Å². The minimum atomic E-state index is -1.16. The Balaban J connectivity index is 4.47. The van der Waals surface area contributed by atoms with Crippen molar-refractivity contribution in [1.29, 1.82) is 0 Å².